The van der Waals surface area contributed by atoms with Crippen LogP contribution in [-0.4, -0.2) is 61.4 Å². The minimum atomic E-state index is 0.0554. The number of carbonyl (C=O) groups excluding carboxylic acids is 2. The quantitative estimate of drug-likeness (QED) is 0.806. The number of rotatable bonds is 6. The van der Waals surface area contributed by atoms with Gasteiger partial charge in [-0.2, -0.15) is 0 Å². The number of para-hydroxylation sites is 1. The van der Waals surface area contributed by atoms with Crippen LogP contribution >= 0.6 is 0 Å². The molecule has 2 amide bonds. The maximum absolute atomic E-state index is 12.2. The van der Waals surface area contributed by atoms with Gasteiger partial charge in [0.05, 0.1) is 0 Å². The summed E-state index contributed by atoms with van der Waals surface area (Å²) in [5, 5.41) is 0. The molecule has 1 heterocycles. The minimum Gasteiger partial charge on any atom is -0.340 e. The van der Waals surface area contributed by atoms with Gasteiger partial charge in [-0.25, -0.2) is 0 Å². The third-order valence-electron chi connectivity index (χ3n) is 4.47. The number of hydrogen-bond acceptors (Lipinski definition) is 3. The zero-order valence-electron chi connectivity index (χ0n) is 14.2. The second-order valence-corrected chi connectivity index (χ2v) is 5.96. The topological polar surface area (TPSA) is 43.9 Å². The third kappa shape index (κ3) is 5.06. The average Bonchev–Trinajstić information content (AvgIpc) is 2.61. The zero-order valence-corrected chi connectivity index (χ0v) is 14.2. The summed E-state index contributed by atoms with van der Waals surface area (Å²) in [4.78, 5) is 30.3. The van der Waals surface area contributed by atoms with Gasteiger partial charge in [-0.1, -0.05) is 25.1 Å². The van der Waals surface area contributed by atoms with Crippen LogP contribution in [0, 0.1) is 0 Å². The second kappa shape index (κ2) is 8.67. The van der Waals surface area contributed by atoms with E-state index in [1.54, 1.807) is 11.9 Å². The summed E-state index contributed by atoms with van der Waals surface area (Å²) in [6.45, 7) is 6.72. The van der Waals surface area contributed by atoms with Crippen LogP contribution in [0.3, 0.4) is 0 Å². The number of benzene rings is 1. The highest BCUT2D eigenvalue weighted by Gasteiger charge is 2.20. The Hall–Kier alpha value is -1.88. The highest BCUT2D eigenvalue weighted by molar-refractivity contribution is 5.93. The normalized spacial score (nSPS) is 15.5. The number of anilines is 1. The van der Waals surface area contributed by atoms with Crippen LogP contribution in [0.2, 0.25) is 0 Å². The second-order valence-electron chi connectivity index (χ2n) is 5.96. The van der Waals surface area contributed by atoms with E-state index >= 15 is 0 Å². The predicted octanol–water partition coefficient (Wildman–Crippen LogP) is 1.98. The summed E-state index contributed by atoms with van der Waals surface area (Å²) in [6.07, 6.45) is 1.48. The standard InChI is InChI=1S/C18H27N3O2/c1-3-20-12-14-21(15-13-20)18(23)11-7-10-17(22)19(2)16-8-5-4-6-9-16/h4-6,8-9H,3,7,10-15H2,1-2H3. The summed E-state index contributed by atoms with van der Waals surface area (Å²) in [6, 6.07) is 9.59. The first-order chi connectivity index (χ1) is 11.1. The molecule has 1 fully saturated rings. The fourth-order valence-corrected chi connectivity index (χ4v) is 2.83. The van der Waals surface area contributed by atoms with Crippen molar-refractivity contribution in [3.05, 3.63) is 30.3 Å². The van der Waals surface area contributed by atoms with E-state index < -0.39 is 0 Å². The van der Waals surface area contributed by atoms with Gasteiger partial charge in [-0.3, -0.25) is 9.59 Å². The molecule has 0 aliphatic carbocycles. The van der Waals surface area contributed by atoms with Crippen LogP contribution in [-0.2, 0) is 9.59 Å². The molecule has 0 N–H and O–H groups in total. The van der Waals surface area contributed by atoms with Crippen molar-refractivity contribution >= 4 is 17.5 Å². The van der Waals surface area contributed by atoms with E-state index in [9.17, 15) is 9.59 Å². The molecule has 0 spiro atoms. The first kappa shape index (κ1) is 17.5. The van der Waals surface area contributed by atoms with Crippen molar-refractivity contribution in [2.75, 3.05) is 44.7 Å². The van der Waals surface area contributed by atoms with Crippen molar-refractivity contribution in [1.29, 1.82) is 0 Å². The Labute approximate surface area is 138 Å². The lowest BCUT2D eigenvalue weighted by Gasteiger charge is -2.34. The number of piperazine rings is 1. The van der Waals surface area contributed by atoms with Crippen LogP contribution < -0.4 is 4.90 Å². The van der Waals surface area contributed by atoms with Gasteiger partial charge >= 0.3 is 0 Å². The highest BCUT2D eigenvalue weighted by Crippen LogP contribution is 2.13. The maximum atomic E-state index is 12.2. The molecular weight excluding hydrogens is 290 g/mol. The van der Waals surface area contributed by atoms with E-state index in [0.29, 0.717) is 19.3 Å². The molecule has 1 aromatic carbocycles. The lowest BCUT2D eigenvalue weighted by atomic mass is 10.2. The first-order valence-corrected chi connectivity index (χ1v) is 8.43. The molecule has 0 radical (unpaired) electrons. The van der Waals surface area contributed by atoms with Crippen LogP contribution in [0.25, 0.3) is 0 Å². The van der Waals surface area contributed by atoms with Gasteiger partial charge in [0, 0.05) is 51.8 Å². The van der Waals surface area contributed by atoms with E-state index in [-0.39, 0.29) is 11.8 Å². The first-order valence-electron chi connectivity index (χ1n) is 8.43. The Balaban J connectivity index is 1.70. The number of hydrogen-bond donors (Lipinski definition) is 0. The molecule has 23 heavy (non-hydrogen) atoms. The molecule has 1 aliphatic rings. The van der Waals surface area contributed by atoms with Crippen molar-refractivity contribution in [1.82, 2.24) is 9.80 Å². The number of amides is 2. The molecule has 1 saturated heterocycles. The number of nitrogens with zero attached hydrogens (tertiary/aromatic N) is 3. The SMILES string of the molecule is CCN1CCN(C(=O)CCCC(=O)N(C)c2ccccc2)CC1. The monoisotopic (exact) mass is 317 g/mol. The van der Waals surface area contributed by atoms with Crippen LogP contribution in [0.4, 0.5) is 5.69 Å². The smallest absolute Gasteiger partial charge is 0.226 e. The fraction of sp³-hybridized carbons (Fsp3) is 0.556. The maximum Gasteiger partial charge on any atom is 0.226 e. The van der Waals surface area contributed by atoms with Crippen LogP contribution in [0.1, 0.15) is 26.2 Å². The Morgan fingerprint density at radius 2 is 1.70 bits per heavy atom. The molecule has 0 bridgehead atoms. The molecule has 126 valence electrons. The molecule has 0 saturated carbocycles. The molecule has 2 rings (SSSR count). The van der Waals surface area contributed by atoms with Gasteiger partial charge in [0.2, 0.25) is 11.8 Å². The largest absolute Gasteiger partial charge is 0.340 e. The lowest BCUT2D eigenvalue weighted by molar-refractivity contribution is -0.133. The molecule has 0 aromatic heterocycles. The van der Waals surface area contributed by atoms with Crippen LogP contribution in [0.5, 0.6) is 0 Å². The summed E-state index contributed by atoms with van der Waals surface area (Å²) < 4.78 is 0. The highest BCUT2D eigenvalue weighted by atomic mass is 16.2. The summed E-state index contributed by atoms with van der Waals surface area (Å²) in [7, 11) is 1.78. The summed E-state index contributed by atoms with van der Waals surface area (Å²) in [5.74, 6) is 0.232. The molecule has 0 atom stereocenters. The van der Waals surface area contributed by atoms with E-state index in [2.05, 4.69) is 11.8 Å². The van der Waals surface area contributed by atoms with Crippen molar-refractivity contribution < 1.29 is 9.59 Å². The van der Waals surface area contributed by atoms with Gasteiger partial charge in [-0.15, -0.1) is 0 Å². The molecule has 1 aliphatic heterocycles. The third-order valence-corrected chi connectivity index (χ3v) is 4.47. The Morgan fingerprint density at radius 3 is 2.30 bits per heavy atom. The Kier molecular flexibility index (Phi) is 6.59. The van der Waals surface area contributed by atoms with Gasteiger partial charge in [0.15, 0.2) is 0 Å². The van der Waals surface area contributed by atoms with E-state index in [0.717, 1.165) is 38.4 Å². The van der Waals surface area contributed by atoms with Gasteiger partial charge in [0.25, 0.3) is 0 Å². The van der Waals surface area contributed by atoms with Gasteiger partial charge < -0.3 is 14.7 Å². The Bertz CT molecular complexity index is 510. The zero-order chi connectivity index (χ0) is 16.7. The van der Waals surface area contributed by atoms with E-state index in [4.69, 9.17) is 0 Å². The van der Waals surface area contributed by atoms with Crippen molar-refractivity contribution in [3.63, 3.8) is 0 Å². The van der Waals surface area contributed by atoms with E-state index in [1.807, 2.05) is 35.2 Å². The van der Waals surface area contributed by atoms with Crippen molar-refractivity contribution in [2.24, 2.45) is 0 Å². The molecular formula is C18H27N3O2. The Morgan fingerprint density at radius 1 is 1.04 bits per heavy atom. The lowest BCUT2D eigenvalue weighted by Crippen LogP contribution is -2.48. The average molecular weight is 317 g/mol. The van der Waals surface area contributed by atoms with E-state index in [1.165, 1.54) is 0 Å². The predicted molar refractivity (Wildman–Crippen MR) is 92.4 cm³/mol. The molecule has 0 unspecified atom stereocenters. The van der Waals surface area contributed by atoms with Gasteiger partial charge in [0.1, 0.15) is 0 Å². The number of likely N-dealkylation sites (N-methyl/N-ethyl adjacent to an activating group) is 1. The molecule has 1 aromatic rings. The van der Waals surface area contributed by atoms with Crippen molar-refractivity contribution in [2.45, 2.75) is 26.2 Å². The fourth-order valence-electron chi connectivity index (χ4n) is 2.83. The summed E-state index contributed by atoms with van der Waals surface area (Å²) >= 11 is 0. The molecule has 5 nitrogen and oxygen atoms in total. The van der Waals surface area contributed by atoms with Gasteiger partial charge in [-0.05, 0) is 25.1 Å². The summed E-state index contributed by atoms with van der Waals surface area (Å²) in [5.41, 5.74) is 0.888. The van der Waals surface area contributed by atoms with Crippen molar-refractivity contribution in [3.8, 4) is 0 Å². The van der Waals surface area contributed by atoms with Crippen LogP contribution in [0.15, 0.2) is 30.3 Å². The minimum absolute atomic E-state index is 0.0554. The molecule has 5 heteroatoms. The number of carbonyl (C=O) groups is 2.